The number of Topliss-reactive ketones (excluding diaryl/α,β-unsaturated/α-hetero) is 1. The Hall–Kier alpha value is -1.09. The Labute approximate surface area is 111 Å². The molecule has 0 bridgehead atoms. The summed E-state index contributed by atoms with van der Waals surface area (Å²) < 4.78 is 0.929. The maximum atomic E-state index is 11.7. The Bertz CT molecular complexity index is 440. The highest BCUT2D eigenvalue weighted by atomic mass is 79.9. The van der Waals surface area contributed by atoms with Gasteiger partial charge in [-0.15, -0.1) is 0 Å². The second kappa shape index (κ2) is 6.01. The molecule has 0 aromatic heterocycles. The summed E-state index contributed by atoms with van der Waals surface area (Å²) in [5, 5.41) is 0. The standard InChI is InChI=1S/C14H18BrNO/c1-5-16(9-10(2)3)14-7-6-12(15)8-13(14)11(4)17/h6-8H,2,5,9H2,1,3-4H3. The largest absolute Gasteiger partial charge is 0.367 e. The van der Waals surface area contributed by atoms with Crippen LogP contribution in [0.2, 0.25) is 0 Å². The first-order valence-corrected chi connectivity index (χ1v) is 6.44. The van der Waals surface area contributed by atoms with Crippen molar-refractivity contribution in [2.45, 2.75) is 20.8 Å². The van der Waals surface area contributed by atoms with Crippen LogP contribution in [0.3, 0.4) is 0 Å². The predicted molar refractivity (Wildman–Crippen MR) is 76.8 cm³/mol. The lowest BCUT2D eigenvalue weighted by Crippen LogP contribution is -2.26. The Kier molecular flexibility index (Phi) is 4.94. The molecule has 0 saturated carbocycles. The molecule has 0 amide bonds. The molecule has 0 unspecified atom stereocenters. The maximum Gasteiger partial charge on any atom is 0.161 e. The van der Waals surface area contributed by atoms with Gasteiger partial charge < -0.3 is 4.90 Å². The number of carbonyl (C=O) groups is 1. The molecule has 17 heavy (non-hydrogen) atoms. The van der Waals surface area contributed by atoms with Crippen molar-refractivity contribution in [1.82, 2.24) is 0 Å². The number of hydrogen-bond donors (Lipinski definition) is 0. The lowest BCUT2D eigenvalue weighted by Gasteiger charge is -2.25. The lowest BCUT2D eigenvalue weighted by molar-refractivity contribution is 0.101. The molecule has 1 aromatic carbocycles. The van der Waals surface area contributed by atoms with Crippen molar-refractivity contribution in [2.75, 3.05) is 18.0 Å². The lowest BCUT2D eigenvalue weighted by atomic mass is 10.1. The van der Waals surface area contributed by atoms with Crippen LogP contribution in [-0.2, 0) is 0 Å². The van der Waals surface area contributed by atoms with Crippen LogP contribution in [-0.4, -0.2) is 18.9 Å². The van der Waals surface area contributed by atoms with Crippen LogP contribution >= 0.6 is 15.9 Å². The highest BCUT2D eigenvalue weighted by Gasteiger charge is 2.13. The zero-order valence-corrected chi connectivity index (χ0v) is 12.2. The van der Waals surface area contributed by atoms with Gasteiger partial charge in [-0.05, 0) is 39.0 Å². The summed E-state index contributed by atoms with van der Waals surface area (Å²) >= 11 is 3.40. The first-order valence-electron chi connectivity index (χ1n) is 5.65. The third kappa shape index (κ3) is 3.70. The van der Waals surface area contributed by atoms with Gasteiger partial charge in [-0.2, -0.15) is 0 Å². The van der Waals surface area contributed by atoms with E-state index in [0.29, 0.717) is 0 Å². The molecule has 0 N–H and O–H groups in total. The number of nitrogens with zero attached hydrogens (tertiary/aromatic N) is 1. The number of halogens is 1. The van der Waals surface area contributed by atoms with Crippen LogP contribution < -0.4 is 4.90 Å². The number of likely N-dealkylation sites (N-methyl/N-ethyl adjacent to an activating group) is 1. The fourth-order valence-electron chi connectivity index (χ4n) is 1.76. The van der Waals surface area contributed by atoms with Crippen LogP contribution in [0.4, 0.5) is 5.69 Å². The van der Waals surface area contributed by atoms with E-state index in [1.807, 2.05) is 25.1 Å². The van der Waals surface area contributed by atoms with Gasteiger partial charge in [0.25, 0.3) is 0 Å². The molecule has 2 nitrogen and oxygen atoms in total. The molecule has 0 fully saturated rings. The predicted octanol–water partition coefficient (Wildman–Crippen LogP) is 4.05. The van der Waals surface area contributed by atoms with E-state index in [4.69, 9.17) is 0 Å². The Morgan fingerprint density at radius 2 is 2.06 bits per heavy atom. The summed E-state index contributed by atoms with van der Waals surface area (Å²) in [6.07, 6.45) is 0. The van der Waals surface area contributed by atoms with Crippen LogP contribution in [0, 0.1) is 0 Å². The van der Waals surface area contributed by atoms with Crippen molar-refractivity contribution in [3.63, 3.8) is 0 Å². The molecule has 0 spiro atoms. The summed E-state index contributed by atoms with van der Waals surface area (Å²) in [4.78, 5) is 13.8. The first-order chi connectivity index (χ1) is 7.95. The van der Waals surface area contributed by atoms with E-state index in [-0.39, 0.29) is 5.78 Å². The van der Waals surface area contributed by atoms with E-state index in [1.165, 1.54) is 0 Å². The number of hydrogen-bond acceptors (Lipinski definition) is 2. The molecule has 0 heterocycles. The van der Waals surface area contributed by atoms with Crippen molar-refractivity contribution in [3.8, 4) is 0 Å². The molecule has 0 aliphatic rings. The average Bonchev–Trinajstić information content (AvgIpc) is 2.25. The molecular formula is C14H18BrNO. The fraction of sp³-hybridized carbons (Fsp3) is 0.357. The van der Waals surface area contributed by atoms with E-state index >= 15 is 0 Å². The van der Waals surface area contributed by atoms with Crippen molar-refractivity contribution in [3.05, 3.63) is 40.4 Å². The van der Waals surface area contributed by atoms with Crippen molar-refractivity contribution < 1.29 is 4.79 Å². The molecule has 0 aliphatic heterocycles. The number of anilines is 1. The number of benzene rings is 1. The second-order valence-electron chi connectivity index (χ2n) is 4.19. The Morgan fingerprint density at radius 1 is 1.41 bits per heavy atom. The van der Waals surface area contributed by atoms with Gasteiger partial charge in [0.1, 0.15) is 0 Å². The summed E-state index contributed by atoms with van der Waals surface area (Å²) in [6.45, 7) is 11.2. The topological polar surface area (TPSA) is 20.3 Å². The second-order valence-corrected chi connectivity index (χ2v) is 5.10. The number of rotatable bonds is 5. The van der Waals surface area contributed by atoms with Crippen LogP contribution in [0.5, 0.6) is 0 Å². The summed E-state index contributed by atoms with van der Waals surface area (Å²) in [7, 11) is 0. The maximum absolute atomic E-state index is 11.7. The van der Waals surface area contributed by atoms with Gasteiger partial charge in [0, 0.05) is 28.8 Å². The van der Waals surface area contributed by atoms with Gasteiger partial charge in [0.15, 0.2) is 5.78 Å². The van der Waals surface area contributed by atoms with Crippen molar-refractivity contribution in [2.24, 2.45) is 0 Å². The fourth-order valence-corrected chi connectivity index (χ4v) is 2.12. The van der Waals surface area contributed by atoms with Gasteiger partial charge in [-0.3, -0.25) is 4.79 Å². The third-order valence-corrected chi connectivity index (χ3v) is 3.01. The van der Waals surface area contributed by atoms with Gasteiger partial charge in [-0.1, -0.05) is 28.1 Å². The minimum Gasteiger partial charge on any atom is -0.367 e. The van der Waals surface area contributed by atoms with Crippen LogP contribution in [0.15, 0.2) is 34.8 Å². The molecule has 3 heteroatoms. The van der Waals surface area contributed by atoms with E-state index in [2.05, 4.69) is 34.3 Å². The monoisotopic (exact) mass is 295 g/mol. The first kappa shape index (κ1) is 14.0. The van der Waals surface area contributed by atoms with Gasteiger partial charge in [0.05, 0.1) is 0 Å². The molecule has 0 radical (unpaired) electrons. The zero-order valence-electron chi connectivity index (χ0n) is 10.6. The highest BCUT2D eigenvalue weighted by molar-refractivity contribution is 9.10. The normalized spacial score (nSPS) is 10.1. The molecule has 0 atom stereocenters. The van der Waals surface area contributed by atoms with E-state index in [0.717, 1.165) is 34.4 Å². The summed E-state index contributed by atoms with van der Waals surface area (Å²) in [6, 6.07) is 5.81. The van der Waals surface area contributed by atoms with E-state index in [9.17, 15) is 4.79 Å². The average molecular weight is 296 g/mol. The third-order valence-electron chi connectivity index (χ3n) is 2.52. The quantitative estimate of drug-likeness (QED) is 0.603. The zero-order chi connectivity index (χ0) is 13.0. The minimum atomic E-state index is 0.0847. The van der Waals surface area contributed by atoms with Crippen molar-refractivity contribution in [1.29, 1.82) is 0 Å². The molecular weight excluding hydrogens is 278 g/mol. The van der Waals surface area contributed by atoms with Gasteiger partial charge in [0.2, 0.25) is 0 Å². The van der Waals surface area contributed by atoms with E-state index < -0.39 is 0 Å². The van der Waals surface area contributed by atoms with Gasteiger partial charge in [-0.25, -0.2) is 0 Å². The van der Waals surface area contributed by atoms with Crippen LogP contribution in [0.1, 0.15) is 31.1 Å². The van der Waals surface area contributed by atoms with Gasteiger partial charge >= 0.3 is 0 Å². The molecule has 0 aliphatic carbocycles. The Balaban J connectivity index is 3.18. The van der Waals surface area contributed by atoms with Crippen LogP contribution in [0.25, 0.3) is 0 Å². The number of ketones is 1. The SMILES string of the molecule is C=C(C)CN(CC)c1ccc(Br)cc1C(C)=O. The summed E-state index contributed by atoms with van der Waals surface area (Å²) in [5.41, 5.74) is 2.82. The summed E-state index contributed by atoms with van der Waals surface area (Å²) in [5.74, 6) is 0.0847. The van der Waals surface area contributed by atoms with Crippen molar-refractivity contribution >= 4 is 27.4 Å². The smallest absolute Gasteiger partial charge is 0.161 e. The Morgan fingerprint density at radius 3 is 2.53 bits per heavy atom. The minimum absolute atomic E-state index is 0.0847. The number of carbonyl (C=O) groups excluding carboxylic acids is 1. The molecule has 0 saturated heterocycles. The van der Waals surface area contributed by atoms with E-state index in [1.54, 1.807) is 6.92 Å². The highest BCUT2D eigenvalue weighted by Crippen LogP contribution is 2.25. The molecule has 1 aromatic rings. The molecule has 92 valence electrons. The molecule has 1 rings (SSSR count).